The summed E-state index contributed by atoms with van der Waals surface area (Å²) in [5, 5.41) is 14.5. The van der Waals surface area contributed by atoms with Crippen molar-refractivity contribution >= 4 is 21.5 Å². The van der Waals surface area contributed by atoms with Gasteiger partial charge in [0.1, 0.15) is 67.7 Å². The van der Waals surface area contributed by atoms with E-state index in [0.717, 1.165) is 46.3 Å². The average molecular weight is 489 g/mol. The lowest BCUT2D eigenvalue weighted by Crippen LogP contribution is -2.25. The molecule has 2 unspecified atom stereocenters. The van der Waals surface area contributed by atoms with E-state index in [1.807, 2.05) is 72.8 Å². The van der Waals surface area contributed by atoms with E-state index in [-0.39, 0.29) is 25.4 Å². The fraction of sp³-hybridized carbons (Fsp3) is 0.310. The summed E-state index contributed by atoms with van der Waals surface area (Å²) in [5.74, 6) is 3.01. The van der Waals surface area contributed by atoms with Gasteiger partial charge in [-0.05, 0) is 59.3 Å². The summed E-state index contributed by atoms with van der Waals surface area (Å²) in [6.07, 6.45) is -0.363. The Labute approximate surface area is 209 Å². The van der Waals surface area contributed by atoms with Crippen molar-refractivity contribution in [3.05, 3.63) is 72.8 Å². The molecule has 0 radical (unpaired) electrons. The van der Waals surface area contributed by atoms with Crippen molar-refractivity contribution < 1.29 is 33.5 Å². The third kappa shape index (κ3) is 5.65. The van der Waals surface area contributed by atoms with Crippen LogP contribution in [-0.4, -0.2) is 63.1 Å². The molecule has 7 nitrogen and oxygen atoms in total. The molecule has 4 aromatic rings. The van der Waals surface area contributed by atoms with Crippen LogP contribution in [0.15, 0.2) is 72.8 Å². The minimum absolute atomic E-state index is 0.121. The van der Waals surface area contributed by atoms with Crippen molar-refractivity contribution in [3.8, 4) is 23.0 Å². The molecule has 2 fully saturated rings. The molecule has 2 atom stereocenters. The van der Waals surface area contributed by atoms with E-state index in [1.54, 1.807) is 0 Å². The van der Waals surface area contributed by atoms with Gasteiger partial charge in [0.15, 0.2) is 0 Å². The topological polar surface area (TPSA) is 82.2 Å². The zero-order valence-electron chi connectivity index (χ0n) is 19.8. The van der Waals surface area contributed by atoms with Gasteiger partial charge in [0.25, 0.3) is 0 Å². The lowest BCUT2D eigenvalue weighted by molar-refractivity contribution is 0.0627. The van der Waals surface area contributed by atoms with Crippen molar-refractivity contribution in [1.82, 2.24) is 0 Å². The normalized spacial score (nSPS) is 19.1. The number of hydrogen-bond donors (Lipinski definition) is 1. The minimum Gasteiger partial charge on any atom is -0.491 e. The van der Waals surface area contributed by atoms with E-state index in [0.29, 0.717) is 24.7 Å². The molecular weight excluding hydrogens is 460 g/mol. The maximum atomic E-state index is 10.4. The molecule has 36 heavy (non-hydrogen) atoms. The molecule has 2 aliphatic heterocycles. The summed E-state index contributed by atoms with van der Waals surface area (Å²) < 4.78 is 33.9. The summed E-state index contributed by atoms with van der Waals surface area (Å²) in [6, 6.07) is 23.5. The maximum absolute atomic E-state index is 10.4. The monoisotopic (exact) mass is 488 g/mol. The maximum Gasteiger partial charge on any atom is 0.127 e. The quantitative estimate of drug-likeness (QED) is 0.297. The van der Waals surface area contributed by atoms with E-state index in [9.17, 15) is 5.11 Å². The highest BCUT2D eigenvalue weighted by Gasteiger charge is 2.24. The molecule has 0 aromatic heterocycles. The number of ether oxygens (including phenoxy) is 6. The molecule has 186 valence electrons. The van der Waals surface area contributed by atoms with Gasteiger partial charge in [-0.15, -0.1) is 0 Å². The highest BCUT2D eigenvalue weighted by Crippen LogP contribution is 2.31. The molecule has 2 saturated heterocycles. The van der Waals surface area contributed by atoms with Crippen LogP contribution < -0.4 is 18.9 Å². The van der Waals surface area contributed by atoms with Gasteiger partial charge in [-0.2, -0.15) is 0 Å². The minimum atomic E-state index is -0.780. The Balaban J connectivity index is 1.03. The summed E-state index contributed by atoms with van der Waals surface area (Å²) in [5.41, 5.74) is 0. The lowest BCUT2D eigenvalue weighted by atomic mass is 10.1. The Morgan fingerprint density at radius 1 is 0.667 bits per heavy atom. The second-order valence-corrected chi connectivity index (χ2v) is 9.09. The summed E-state index contributed by atoms with van der Waals surface area (Å²) >= 11 is 0. The van der Waals surface area contributed by atoms with Crippen LogP contribution in [0.25, 0.3) is 21.5 Å². The Hall–Kier alpha value is -3.52. The third-order valence-electron chi connectivity index (χ3n) is 6.16. The second-order valence-electron chi connectivity index (χ2n) is 9.09. The smallest absolute Gasteiger partial charge is 0.127 e. The van der Waals surface area contributed by atoms with E-state index < -0.39 is 6.10 Å². The molecule has 2 aliphatic rings. The van der Waals surface area contributed by atoms with Gasteiger partial charge in [0, 0.05) is 10.8 Å². The van der Waals surface area contributed by atoms with E-state index in [4.69, 9.17) is 28.4 Å². The Bertz CT molecular complexity index is 1240. The predicted octanol–water partition coefficient (Wildman–Crippen LogP) is 4.37. The van der Waals surface area contributed by atoms with Gasteiger partial charge in [0.05, 0.1) is 13.2 Å². The summed E-state index contributed by atoms with van der Waals surface area (Å²) in [4.78, 5) is 0. The molecular formula is C29H28O7. The van der Waals surface area contributed by atoms with Gasteiger partial charge < -0.3 is 33.5 Å². The first-order valence-electron chi connectivity index (χ1n) is 12.2. The van der Waals surface area contributed by atoms with Gasteiger partial charge in [0.2, 0.25) is 0 Å². The number of aliphatic hydroxyl groups is 1. The van der Waals surface area contributed by atoms with Crippen molar-refractivity contribution in [2.45, 2.75) is 18.3 Å². The molecule has 0 spiro atoms. The van der Waals surface area contributed by atoms with Gasteiger partial charge >= 0.3 is 0 Å². The van der Waals surface area contributed by atoms with Crippen LogP contribution in [0.1, 0.15) is 0 Å². The van der Waals surface area contributed by atoms with Gasteiger partial charge in [-0.3, -0.25) is 0 Å². The molecule has 0 aliphatic carbocycles. The molecule has 4 aromatic carbocycles. The second kappa shape index (κ2) is 10.2. The highest BCUT2D eigenvalue weighted by atomic mass is 16.6. The number of fused-ring (bicyclic) bond motifs is 2. The first-order valence-corrected chi connectivity index (χ1v) is 12.2. The van der Waals surface area contributed by atoms with Crippen LogP contribution in [-0.2, 0) is 9.47 Å². The molecule has 2 heterocycles. The fourth-order valence-electron chi connectivity index (χ4n) is 4.02. The van der Waals surface area contributed by atoms with Crippen molar-refractivity contribution in [1.29, 1.82) is 0 Å². The number of epoxide rings is 2. The number of rotatable bonds is 12. The number of aliphatic hydroxyl groups excluding tert-OH is 1. The van der Waals surface area contributed by atoms with Gasteiger partial charge in [-0.1, -0.05) is 24.3 Å². The molecule has 0 amide bonds. The largest absolute Gasteiger partial charge is 0.491 e. The highest BCUT2D eigenvalue weighted by molar-refractivity contribution is 5.90. The van der Waals surface area contributed by atoms with Crippen LogP contribution in [0.4, 0.5) is 0 Å². The standard InChI is InChI=1S/C29H28O7/c30-21(13-31-22-7-9-26-19(11-22)3-1-5-28(26)35-17-24-15-33-24)14-32-23-8-10-27-20(12-23)4-2-6-29(27)36-18-25-16-34-25/h1-12,21,24-25,30H,13-18H2. The van der Waals surface area contributed by atoms with Crippen LogP contribution in [0, 0.1) is 0 Å². The fourth-order valence-corrected chi connectivity index (χ4v) is 4.02. The average Bonchev–Trinajstić information content (AvgIpc) is 3.83. The summed E-state index contributed by atoms with van der Waals surface area (Å²) in [6.45, 7) is 2.90. The molecule has 0 saturated carbocycles. The first-order chi connectivity index (χ1) is 17.7. The zero-order valence-corrected chi connectivity index (χ0v) is 19.8. The molecule has 7 heteroatoms. The zero-order chi connectivity index (χ0) is 24.3. The molecule has 6 rings (SSSR count). The number of hydrogen-bond acceptors (Lipinski definition) is 7. The van der Waals surface area contributed by atoms with Gasteiger partial charge in [-0.25, -0.2) is 0 Å². The van der Waals surface area contributed by atoms with Crippen LogP contribution in [0.3, 0.4) is 0 Å². The Morgan fingerprint density at radius 3 is 1.58 bits per heavy atom. The van der Waals surface area contributed by atoms with Crippen LogP contribution >= 0.6 is 0 Å². The Morgan fingerprint density at radius 2 is 1.14 bits per heavy atom. The van der Waals surface area contributed by atoms with Crippen LogP contribution in [0.2, 0.25) is 0 Å². The number of benzene rings is 4. The third-order valence-corrected chi connectivity index (χ3v) is 6.16. The van der Waals surface area contributed by atoms with E-state index in [2.05, 4.69) is 0 Å². The Kier molecular flexibility index (Phi) is 6.51. The van der Waals surface area contributed by atoms with Crippen molar-refractivity contribution in [2.24, 2.45) is 0 Å². The SMILES string of the molecule is OC(COc1ccc2c(OCC3CO3)cccc2c1)COc1ccc2c(OCC3CO3)cccc2c1. The van der Waals surface area contributed by atoms with Crippen molar-refractivity contribution in [3.63, 3.8) is 0 Å². The van der Waals surface area contributed by atoms with E-state index >= 15 is 0 Å². The lowest BCUT2D eigenvalue weighted by Gasteiger charge is -2.15. The van der Waals surface area contributed by atoms with Crippen molar-refractivity contribution in [2.75, 3.05) is 39.6 Å². The summed E-state index contributed by atoms with van der Waals surface area (Å²) in [7, 11) is 0. The predicted molar refractivity (Wildman–Crippen MR) is 135 cm³/mol. The van der Waals surface area contributed by atoms with E-state index in [1.165, 1.54) is 0 Å². The molecule has 1 N–H and O–H groups in total. The van der Waals surface area contributed by atoms with Crippen LogP contribution in [0.5, 0.6) is 23.0 Å². The molecule has 0 bridgehead atoms. The first kappa shape index (κ1) is 22.9.